The highest BCUT2D eigenvalue weighted by atomic mass is 31.2. The molecular weight excluding hydrogens is 287 g/mol. The van der Waals surface area contributed by atoms with Crippen molar-refractivity contribution in [3.63, 3.8) is 0 Å². The molecule has 0 saturated carbocycles. The van der Waals surface area contributed by atoms with Crippen LogP contribution in [-0.4, -0.2) is 12.2 Å². The fourth-order valence-corrected chi connectivity index (χ4v) is 3.18. The van der Waals surface area contributed by atoms with E-state index in [4.69, 9.17) is 13.6 Å². The third-order valence-corrected chi connectivity index (χ3v) is 4.11. The van der Waals surface area contributed by atoms with Crippen LogP contribution >= 0.6 is 7.82 Å². The first-order chi connectivity index (χ1) is 9.78. The Labute approximate surface area is 127 Å². The molecule has 0 radical (unpaired) electrons. The molecule has 4 nitrogen and oxygen atoms in total. The third kappa shape index (κ3) is 5.88. The van der Waals surface area contributed by atoms with Crippen molar-refractivity contribution in [3.8, 4) is 5.75 Å². The van der Waals surface area contributed by atoms with Crippen molar-refractivity contribution in [1.29, 1.82) is 0 Å². The van der Waals surface area contributed by atoms with Crippen LogP contribution in [0.25, 0.3) is 12.2 Å². The molecule has 0 aliphatic rings. The predicted molar refractivity (Wildman–Crippen MR) is 87.3 cm³/mol. The number of hydrogen-bond acceptors (Lipinski definition) is 4. The normalized spacial score (nSPS) is 11.7. The number of phosphoric ester groups is 1. The molecule has 1 aromatic carbocycles. The smallest absolute Gasteiger partial charge is 0.404 e. The Kier molecular flexibility index (Phi) is 6.41. The van der Waals surface area contributed by atoms with Gasteiger partial charge >= 0.3 is 7.82 Å². The summed E-state index contributed by atoms with van der Waals surface area (Å²) in [5.41, 5.74) is 1.67. The fourth-order valence-electron chi connectivity index (χ4n) is 1.65. The zero-order chi connectivity index (χ0) is 16.0. The molecule has 0 N–H and O–H groups in total. The Hall–Kier alpha value is -1.35. The lowest BCUT2D eigenvalue weighted by Crippen LogP contribution is -2.11. The maximum absolute atomic E-state index is 12.7. The van der Waals surface area contributed by atoms with Gasteiger partial charge in [0.25, 0.3) is 0 Å². The SMILES string of the molecule is C=Cc1cc(C=C)cc(OP(=O)(OC(C)C)OC(C)C)c1. The quantitative estimate of drug-likeness (QED) is 0.610. The van der Waals surface area contributed by atoms with Crippen molar-refractivity contribution in [2.24, 2.45) is 0 Å². The van der Waals surface area contributed by atoms with Crippen LogP contribution in [0.1, 0.15) is 38.8 Å². The fraction of sp³-hybridized carbons (Fsp3) is 0.375. The molecule has 0 atom stereocenters. The van der Waals surface area contributed by atoms with E-state index >= 15 is 0 Å². The number of phosphoric acid groups is 1. The summed E-state index contributed by atoms with van der Waals surface area (Å²) < 4.78 is 28.9. The third-order valence-electron chi connectivity index (χ3n) is 2.32. The first-order valence-electron chi connectivity index (χ1n) is 6.84. The van der Waals surface area contributed by atoms with Gasteiger partial charge in [-0.3, -0.25) is 9.05 Å². The number of hydrogen-bond donors (Lipinski definition) is 0. The van der Waals surface area contributed by atoms with Crippen LogP contribution in [0, 0.1) is 0 Å². The van der Waals surface area contributed by atoms with Gasteiger partial charge in [0, 0.05) is 0 Å². The van der Waals surface area contributed by atoms with E-state index in [0.29, 0.717) is 5.75 Å². The van der Waals surface area contributed by atoms with E-state index in [-0.39, 0.29) is 12.2 Å². The second-order valence-corrected chi connectivity index (χ2v) is 6.59. The van der Waals surface area contributed by atoms with Crippen molar-refractivity contribution in [2.45, 2.75) is 39.9 Å². The summed E-state index contributed by atoms with van der Waals surface area (Å²) in [6.07, 6.45) is 2.79. The summed E-state index contributed by atoms with van der Waals surface area (Å²) in [7, 11) is -3.68. The molecule has 0 spiro atoms. The summed E-state index contributed by atoms with van der Waals surface area (Å²) in [5, 5.41) is 0. The molecule has 0 aliphatic heterocycles. The van der Waals surface area contributed by atoms with E-state index in [0.717, 1.165) is 11.1 Å². The van der Waals surface area contributed by atoms with E-state index < -0.39 is 7.82 Å². The highest BCUT2D eigenvalue weighted by molar-refractivity contribution is 7.49. The van der Waals surface area contributed by atoms with E-state index in [2.05, 4.69) is 13.2 Å². The molecule has 1 rings (SSSR count). The molecule has 0 unspecified atom stereocenters. The Morgan fingerprint density at radius 3 is 1.71 bits per heavy atom. The molecule has 21 heavy (non-hydrogen) atoms. The predicted octanol–water partition coefficient (Wildman–Crippen LogP) is 5.31. The molecule has 0 amide bonds. The Morgan fingerprint density at radius 1 is 0.952 bits per heavy atom. The average Bonchev–Trinajstić information content (AvgIpc) is 2.35. The summed E-state index contributed by atoms with van der Waals surface area (Å²) in [5.74, 6) is 0.395. The topological polar surface area (TPSA) is 44.8 Å². The summed E-state index contributed by atoms with van der Waals surface area (Å²) in [4.78, 5) is 0. The van der Waals surface area contributed by atoms with Crippen LogP contribution in [0.15, 0.2) is 31.4 Å². The van der Waals surface area contributed by atoms with Gasteiger partial charge in [0.1, 0.15) is 5.75 Å². The van der Waals surface area contributed by atoms with E-state index in [9.17, 15) is 4.57 Å². The summed E-state index contributed by atoms with van der Waals surface area (Å²) in [6.45, 7) is 14.5. The molecule has 0 heterocycles. The first kappa shape index (κ1) is 17.7. The van der Waals surface area contributed by atoms with Gasteiger partial charge in [-0.1, -0.05) is 25.3 Å². The lowest BCUT2D eigenvalue weighted by Gasteiger charge is -2.22. The molecule has 0 aromatic heterocycles. The van der Waals surface area contributed by atoms with Gasteiger partial charge in [-0.15, -0.1) is 0 Å². The van der Waals surface area contributed by atoms with E-state index in [1.165, 1.54) is 0 Å². The van der Waals surface area contributed by atoms with Crippen molar-refractivity contribution in [1.82, 2.24) is 0 Å². The monoisotopic (exact) mass is 310 g/mol. The van der Waals surface area contributed by atoms with Crippen molar-refractivity contribution < 1.29 is 18.1 Å². The van der Waals surface area contributed by atoms with Crippen LogP contribution in [0.4, 0.5) is 0 Å². The van der Waals surface area contributed by atoms with Gasteiger partial charge in [0.2, 0.25) is 0 Å². The maximum atomic E-state index is 12.7. The minimum absolute atomic E-state index is 0.281. The van der Waals surface area contributed by atoms with Crippen molar-refractivity contribution in [2.75, 3.05) is 0 Å². The standard InChI is InChI=1S/C16H23O4P/c1-7-14-9-15(8-2)11-16(10-14)20-21(17,18-12(3)4)19-13(5)6/h7-13H,1-2H2,3-6H3. The number of benzene rings is 1. The Balaban J connectivity index is 3.10. The molecule has 5 heteroatoms. The van der Waals surface area contributed by atoms with Gasteiger partial charge in [-0.2, -0.15) is 0 Å². The van der Waals surface area contributed by atoms with Gasteiger partial charge in [-0.25, -0.2) is 4.57 Å². The van der Waals surface area contributed by atoms with E-state index in [1.807, 2.05) is 6.07 Å². The van der Waals surface area contributed by atoms with Crippen LogP contribution in [0.2, 0.25) is 0 Å². The Morgan fingerprint density at radius 2 is 1.38 bits per heavy atom. The molecule has 0 bridgehead atoms. The lowest BCUT2D eigenvalue weighted by molar-refractivity contribution is 0.103. The summed E-state index contributed by atoms with van der Waals surface area (Å²) >= 11 is 0. The average molecular weight is 310 g/mol. The highest BCUT2D eigenvalue weighted by Crippen LogP contribution is 2.51. The van der Waals surface area contributed by atoms with Crippen LogP contribution in [-0.2, 0) is 13.6 Å². The second kappa shape index (κ2) is 7.60. The van der Waals surface area contributed by atoms with Gasteiger partial charge in [-0.05, 0) is 57.0 Å². The molecule has 0 aliphatic carbocycles. The molecule has 116 valence electrons. The highest BCUT2D eigenvalue weighted by Gasteiger charge is 2.31. The zero-order valence-corrected chi connectivity index (χ0v) is 13.9. The minimum Gasteiger partial charge on any atom is -0.404 e. The van der Waals surface area contributed by atoms with Gasteiger partial charge in [0.05, 0.1) is 12.2 Å². The van der Waals surface area contributed by atoms with Gasteiger partial charge < -0.3 is 4.52 Å². The second-order valence-electron chi connectivity index (χ2n) is 5.09. The zero-order valence-electron chi connectivity index (χ0n) is 13.0. The largest absolute Gasteiger partial charge is 0.530 e. The molecular formula is C16H23O4P. The van der Waals surface area contributed by atoms with E-state index in [1.54, 1.807) is 52.0 Å². The van der Waals surface area contributed by atoms with Crippen molar-refractivity contribution >= 4 is 20.0 Å². The summed E-state index contributed by atoms with van der Waals surface area (Å²) in [6, 6.07) is 5.34. The number of rotatable bonds is 8. The van der Waals surface area contributed by atoms with Gasteiger partial charge in [0.15, 0.2) is 0 Å². The lowest BCUT2D eigenvalue weighted by atomic mass is 10.1. The van der Waals surface area contributed by atoms with Crippen molar-refractivity contribution in [3.05, 3.63) is 42.5 Å². The first-order valence-corrected chi connectivity index (χ1v) is 8.30. The molecule has 1 aromatic rings. The maximum Gasteiger partial charge on any atom is 0.530 e. The van der Waals surface area contributed by atoms with Crippen LogP contribution in [0.5, 0.6) is 5.75 Å². The van der Waals surface area contributed by atoms with Crippen LogP contribution < -0.4 is 4.52 Å². The minimum atomic E-state index is -3.68. The molecule has 0 saturated heterocycles. The van der Waals surface area contributed by atoms with Crippen LogP contribution in [0.3, 0.4) is 0 Å². The Bertz CT molecular complexity index is 509. The molecule has 0 fully saturated rings.